The van der Waals surface area contributed by atoms with Crippen LogP contribution in [-0.2, 0) is 24.2 Å². The van der Waals surface area contributed by atoms with Gasteiger partial charge < -0.3 is 5.73 Å². The first-order chi connectivity index (χ1) is 10.6. The third-order valence-corrected chi connectivity index (χ3v) is 5.24. The van der Waals surface area contributed by atoms with Gasteiger partial charge >= 0.3 is 0 Å². The van der Waals surface area contributed by atoms with Gasteiger partial charge in [-0.25, -0.2) is 4.98 Å². The minimum Gasteiger partial charge on any atom is -0.368 e. The van der Waals surface area contributed by atoms with Crippen LogP contribution in [0.4, 0.5) is 0 Å². The van der Waals surface area contributed by atoms with E-state index in [1.807, 2.05) is 42.3 Å². The molecule has 3 rings (SSSR count). The third-order valence-electron chi connectivity index (χ3n) is 4.10. The summed E-state index contributed by atoms with van der Waals surface area (Å²) in [5.74, 6) is -0.324. The Kier molecular flexibility index (Phi) is 4.55. The standard InChI is InChI=1S/C17H21N3OS/c1-20(16(17(18)21)12-7-3-2-4-8-12)11-15-19-13-9-5-6-10-14(13)22-15/h2-4,7-8,16H,5-6,9-11H2,1H3,(H2,18,21)/t16-/m1/s1. The molecule has 0 aliphatic heterocycles. The smallest absolute Gasteiger partial charge is 0.239 e. The van der Waals surface area contributed by atoms with E-state index in [9.17, 15) is 4.79 Å². The topological polar surface area (TPSA) is 59.2 Å². The molecule has 1 aromatic carbocycles. The van der Waals surface area contributed by atoms with E-state index in [0.29, 0.717) is 6.54 Å². The van der Waals surface area contributed by atoms with Crippen LogP contribution in [-0.4, -0.2) is 22.8 Å². The molecule has 116 valence electrons. The van der Waals surface area contributed by atoms with Crippen LogP contribution in [0.25, 0.3) is 0 Å². The summed E-state index contributed by atoms with van der Waals surface area (Å²) in [5, 5.41) is 1.08. The number of rotatable bonds is 5. The van der Waals surface area contributed by atoms with E-state index in [1.165, 1.54) is 23.4 Å². The first-order valence-corrected chi connectivity index (χ1v) is 8.49. The molecule has 2 N–H and O–H groups in total. The zero-order valence-electron chi connectivity index (χ0n) is 12.8. The molecule has 1 heterocycles. The number of hydrogen-bond acceptors (Lipinski definition) is 4. The molecular weight excluding hydrogens is 294 g/mol. The second-order valence-corrected chi connectivity index (χ2v) is 6.98. The number of thiazole rings is 1. The van der Waals surface area contributed by atoms with Gasteiger partial charge in [0.25, 0.3) is 0 Å². The van der Waals surface area contributed by atoms with Crippen molar-refractivity contribution in [1.29, 1.82) is 0 Å². The minimum absolute atomic E-state index is 0.324. The van der Waals surface area contributed by atoms with E-state index in [2.05, 4.69) is 0 Å². The lowest BCUT2D eigenvalue weighted by Crippen LogP contribution is -2.34. The molecule has 0 unspecified atom stereocenters. The maximum Gasteiger partial charge on any atom is 0.239 e. The number of amides is 1. The van der Waals surface area contributed by atoms with Gasteiger partial charge in [0.1, 0.15) is 11.0 Å². The normalized spacial score (nSPS) is 15.5. The number of aromatic nitrogens is 1. The lowest BCUT2D eigenvalue weighted by atomic mass is 10.0. The predicted octanol–water partition coefficient (Wildman–Crippen LogP) is 2.68. The highest BCUT2D eigenvalue weighted by Gasteiger charge is 2.24. The van der Waals surface area contributed by atoms with Gasteiger partial charge in [-0.3, -0.25) is 9.69 Å². The quantitative estimate of drug-likeness (QED) is 0.923. The zero-order valence-corrected chi connectivity index (χ0v) is 13.6. The lowest BCUT2D eigenvalue weighted by Gasteiger charge is -2.24. The van der Waals surface area contributed by atoms with Gasteiger partial charge in [0.2, 0.25) is 5.91 Å². The molecule has 0 spiro atoms. The summed E-state index contributed by atoms with van der Waals surface area (Å²) < 4.78 is 0. The van der Waals surface area contributed by atoms with Gasteiger partial charge in [-0.15, -0.1) is 11.3 Å². The second-order valence-electron chi connectivity index (χ2n) is 5.82. The van der Waals surface area contributed by atoms with Gasteiger partial charge in [0.05, 0.1) is 12.2 Å². The Labute approximate surface area is 135 Å². The summed E-state index contributed by atoms with van der Waals surface area (Å²) in [6.45, 7) is 0.653. The number of carbonyl (C=O) groups excluding carboxylic acids is 1. The van der Waals surface area contributed by atoms with Crippen molar-refractivity contribution < 1.29 is 4.79 Å². The SMILES string of the molecule is CN(Cc1nc2c(s1)CCCC2)[C@@H](C(N)=O)c1ccccc1. The van der Waals surface area contributed by atoms with Crippen molar-refractivity contribution in [2.75, 3.05) is 7.05 Å². The van der Waals surface area contributed by atoms with E-state index in [4.69, 9.17) is 10.7 Å². The Morgan fingerprint density at radius 1 is 1.32 bits per heavy atom. The van der Waals surface area contributed by atoms with Crippen molar-refractivity contribution in [1.82, 2.24) is 9.88 Å². The number of primary amides is 1. The molecule has 0 bridgehead atoms. The van der Waals surface area contributed by atoms with Crippen LogP contribution in [0, 0.1) is 0 Å². The Morgan fingerprint density at radius 3 is 2.73 bits per heavy atom. The number of hydrogen-bond donors (Lipinski definition) is 1. The Balaban J connectivity index is 1.78. The maximum absolute atomic E-state index is 11.9. The molecule has 0 saturated carbocycles. The molecule has 1 aromatic heterocycles. The maximum atomic E-state index is 11.9. The summed E-state index contributed by atoms with van der Waals surface area (Å²) in [6, 6.07) is 9.28. The third kappa shape index (κ3) is 3.20. The van der Waals surface area contributed by atoms with Crippen molar-refractivity contribution in [2.45, 2.75) is 38.3 Å². The monoisotopic (exact) mass is 315 g/mol. The van der Waals surface area contributed by atoms with E-state index < -0.39 is 6.04 Å². The molecule has 4 nitrogen and oxygen atoms in total. The van der Waals surface area contributed by atoms with Crippen LogP contribution >= 0.6 is 11.3 Å². The van der Waals surface area contributed by atoms with Crippen LogP contribution in [0.3, 0.4) is 0 Å². The zero-order chi connectivity index (χ0) is 15.5. The Bertz CT molecular complexity index is 630. The highest BCUT2D eigenvalue weighted by atomic mass is 32.1. The van der Waals surface area contributed by atoms with Gasteiger partial charge in [-0.05, 0) is 38.3 Å². The lowest BCUT2D eigenvalue weighted by molar-refractivity contribution is -0.123. The summed E-state index contributed by atoms with van der Waals surface area (Å²) in [7, 11) is 1.93. The van der Waals surface area contributed by atoms with Crippen molar-refractivity contribution in [2.24, 2.45) is 5.73 Å². The Morgan fingerprint density at radius 2 is 2.05 bits per heavy atom. The summed E-state index contributed by atoms with van der Waals surface area (Å²) in [6.07, 6.45) is 4.74. The molecule has 5 heteroatoms. The van der Waals surface area contributed by atoms with Crippen LogP contribution in [0.15, 0.2) is 30.3 Å². The molecule has 1 aliphatic rings. The molecule has 0 fully saturated rings. The number of fused-ring (bicyclic) bond motifs is 1. The highest BCUT2D eigenvalue weighted by Crippen LogP contribution is 2.29. The van der Waals surface area contributed by atoms with Crippen molar-refractivity contribution in [3.8, 4) is 0 Å². The molecule has 22 heavy (non-hydrogen) atoms. The molecule has 1 aliphatic carbocycles. The first kappa shape index (κ1) is 15.2. The fourth-order valence-electron chi connectivity index (χ4n) is 3.05. The molecule has 1 amide bonds. The summed E-state index contributed by atoms with van der Waals surface area (Å²) in [4.78, 5) is 20.0. The molecule has 0 saturated heterocycles. The van der Waals surface area contributed by atoms with Crippen LogP contribution in [0.2, 0.25) is 0 Å². The fourth-order valence-corrected chi connectivity index (χ4v) is 4.27. The molecule has 0 radical (unpaired) electrons. The molecule has 1 atom stereocenters. The predicted molar refractivity (Wildman–Crippen MR) is 88.6 cm³/mol. The number of nitrogens with two attached hydrogens (primary N) is 1. The molecular formula is C17H21N3OS. The number of likely N-dealkylation sites (N-methyl/N-ethyl adjacent to an activating group) is 1. The largest absolute Gasteiger partial charge is 0.368 e. The number of carbonyl (C=O) groups is 1. The van der Waals surface area contributed by atoms with Gasteiger partial charge in [-0.1, -0.05) is 30.3 Å². The summed E-state index contributed by atoms with van der Waals surface area (Å²) >= 11 is 1.78. The van der Waals surface area contributed by atoms with E-state index >= 15 is 0 Å². The van der Waals surface area contributed by atoms with Crippen molar-refractivity contribution in [3.05, 3.63) is 51.5 Å². The number of benzene rings is 1. The number of aryl methyl sites for hydroxylation is 2. The van der Waals surface area contributed by atoms with Gasteiger partial charge in [0.15, 0.2) is 0 Å². The molecule has 2 aromatic rings. The minimum atomic E-state index is -0.415. The Hall–Kier alpha value is -1.72. The average molecular weight is 315 g/mol. The van der Waals surface area contributed by atoms with Crippen LogP contribution in [0.1, 0.15) is 40.0 Å². The van der Waals surface area contributed by atoms with Crippen LogP contribution in [0.5, 0.6) is 0 Å². The fraction of sp³-hybridized carbons (Fsp3) is 0.412. The average Bonchev–Trinajstić information content (AvgIpc) is 2.90. The van der Waals surface area contributed by atoms with E-state index in [0.717, 1.165) is 23.4 Å². The van der Waals surface area contributed by atoms with Crippen LogP contribution < -0.4 is 5.73 Å². The highest BCUT2D eigenvalue weighted by molar-refractivity contribution is 7.11. The second kappa shape index (κ2) is 6.58. The van der Waals surface area contributed by atoms with E-state index in [1.54, 1.807) is 11.3 Å². The first-order valence-electron chi connectivity index (χ1n) is 7.67. The van der Waals surface area contributed by atoms with Gasteiger partial charge in [-0.2, -0.15) is 0 Å². The number of nitrogens with zero attached hydrogens (tertiary/aromatic N) is 2. The summed E-state index contributed by atoms with van der Waals surface area (Å²) in [5.41, 5.74) is 7.81. The van der Waals surface area contributed by atoms with E-state index in [-0.39, 0.29) is 5.91 Å². The van der Waals surface area contributed by atoms with Gasteiger partial charge in [0, 0.05) is 4.88 Å². The van der Waals surface area contributed by atoms with Crippen molar-refractivity contribution >= 4 is 17.2 Å². The van der Waals surface area contributed by atoms with Crippen molar-refractivity contribution in [3.63, 3.8) is 0 Å².